The SMILES string of the molecule is O=S(=O)(Nc1cc(Br)cnc1Cl)c1ccc(Cl)cc1. The molecule has 0 spiro atoms. The summed E-state index contributed by atoms with van der Waals surface area (Å²) < 4.78 is 27.2. The van der Waals surface area contributed by atoms with E-state index >= 15 is 0 Å². The molecule has 0 amide bonds. The van der Waals surface area contributed by atoms with E-state index in [0.717, 1.165) is 0 Å². The van der Waals surface area contributed by atoms with Crippen LogP contribution < -0.4 is 4.72 Å². The van der Waals surface area contributed by atoms with Gasteiger partial charge in [0.15, 0.2) is 5.15 Å². The molecule has 0 atom stereocenters. The van der Waals surface area contributed by atoms with Gasteiger partial charge in [-0.15, -0.1) is 0 Å². The van der Waals surface area contributed by atoms with Crippen molar-refractivity contribution in [1.82, 2.24) is 4.98 Å². The van der Waals surface area contributed by atoms with Gasteiger partial charge in [0.05, 0.1) is 10.6 Å². The van der Waals surface area contributed by atoms with Gasteiger partial charge in [-0.1, -0.05) is 23.2 Å². The van der Waals surface area contributed by atoms with Crippen molar-refractivity contribution in [3.63, 3.8) is 0 Å². The van der Waals surface area contributed by atoms with Crippen LogP contribution in [0.25, 0.3) is 0 Å². The minimum absolute atomic E-state index is 0.0701. The Bertz CT molecular complexity index is 705. The number of anilines is 1. The fraction of sp³-hybridized carbons (Fsp3) is 0. The van der Waals surface area contributed by atoms with Gasteiger partial charge in [0.1, 0.15) is 0 Å². The van der Waals surface area contributed by atoms with Crippen LogP contribution in [-0.4, -0.2) is 13.4 Å². The highest BCUT2D eigenvalue weighted by Crippen LogP contribution is 2.26. The van der Waals surface area contributed by atoms with E-state index in [1.54, 1.807) is 0 Å². The largest absolute Gasteiger partial charge is 0.276 e. The quantitative estimate of drug-likeness (QED) is 0.818. The summed E-state index contributed by atoms with van der Waals surface area (Å²) >= 11 is 14.7. The lowest BCUT2D eigenvalue weighted by molar-refractivity contribution is 0.601. The number of nitrogens with one attached hydrogen (secondary N) is 1. The van der Waals surface area contributed by atoms with E-state index in [1.807, 2.05) is 0 Å². The van der Waals surface area contributed by atoms with Crippen LogP contribution in [0.1, 0.15) is 0 Å². The van der Waals surface area contributed by atoms with Crippen LogP contribution in [0.2, 0.25) is 10.2 Å². The van der Waals surface area contributed by atoms with Crippen LogP contribution in [0.15, 0.2) is 45.9 Å². The van der Waals surface area contributed by atoms with E-state index in [4.69, 9.17) is 23.2 Å². The Morgan fingerprint density at radius 2 is 1.79 bits per heavy atom. The first-order chi connectivity index (χ1) is 8.88. The lowest BCUT2D eigenvalue weighted by Gasteiger charge is -2.09. The van der Waals surface area contributed by atoms with Crippen LogP contribution in [0, 0.1) is 0 Å². The molecule has 100 valence electrons. The van der Waals surface area contributed by atoms with E-state index in [1.165, 1.54) is 36.5 Å². The summed E-state index contributed by atoms with van der Waals surface area (Å²) in [6, 6.07) is 7.34. The number of hydrogen-bond donors (Lipinski definition) is 1. The van der Waals surface area contributed by atoms with Crippen molar-refractivity contribution in [3.8, 4) is 0 Å². The van der Waals surface area contributed by atoms with Crippen LogP contribution in [-0.2, 0) is 10.0 Å². The second-order valence-corrected chi connectivity index (χ2v) is 6.94. The first kappa shape index (κ1) is 14.6. The summed E-state index contributed by atoms with van der Waals surface area (Å²) in [6.45, 7) is 0. The van der Waals surface area contributed by atoms with Crippen LogP contribution >= 0.6 is 39.1 Å². The fourth-order valence-corrected chi connectivity index (χ4v) is 3.03. The monoisotopic (exact) mass is 380 g/mol. The standard InChI is InChI=1S/C11H7BrCl2N2O2S/c12-7-5-10(11(14)15-6-7)16-19(17,18)9-3-1-8(13)2-4-9/h1-6,16H. The maximum Gasteiger partial charge on any atom is 0.261 e. The maximum absolute atomic E-state index is 12.1. The maximum atomic E-state index is 12.1. The second kappa shape index (κ2) is 5.66. The predicted molar refractivity (Wildman–Crippen MR) is 79.2 cm³/mol. The summed E-state index contributed by atoms with van der Waals surface area (Å²) in [5.74, 6) is 0. The second-order valence-electron chi connectivity index (χ2n) is 3.55. The molecule has 1 heterocycles. The van der Waals surface area contributed by atoms with Crippen molar-refractivity contribution in [2.75, 3.05) is 4.72 Å². The van der Waals surface area contributed by atoms with Gasteiger partial charge in [0.2, 0.25) is 0 Å². The average molecular weight is 382 g/mol. The van der Waals surface area contributed by atoms with E-state index < -0.39 is 10.0 Å². The van der Waals surface area contributed by atoms with Crippen molar-refractivity contribution < 1.29 is 8.42 Å². The van der Waals surface area contributed by atoms with E-state index in [0.29, 0.717) is 9.50 Å². The Labute approximate surface area is 128 Å². The Kier molecular flexibility index (Phi) is 4.35. The molecule has 1 aromatic carbocycles. The third-order valence-corrected chi connectivity index (χ3v) is 4.54. The van der Waals surface area contributed by atoms with Gasteiger partial charge in [-0.25, -0.2) is 13.4 Å². The molecular weight excluding hydrogens is 375 g/mol. The van der Waals surface area contributed by atoms with E-state index in [-0.39, 0.29) is 15.7 Å². The Hall–Kier alpha value is -0.820. The molecule has 0 aliphatic rings. The van der Waals surface area contributed by atoms with E-state index in [2.05, 4.69) is 25.6 Å². The van der Waals surface area contributed by atoms with Gasteiger partial charge >= 0.3 is 0 Å². The van der Waals surface area contributed by atoms with Gasteiger partial charge in [-0.2, -0.15) is 0 Å². The van der Waals surface area contributed by atoms with Gasteiger partial charge in [-0.3, -0.25) is 4.72 Å². The molecule has 8 heteroatoms. The molecule has 4 nitrogen and oxygen atoms in total. The smallest absolute Gasteiger partial charge is 0.261 e. The van der Waals surface area contributed by atoms with Crippen molar-refractivity contribution in [3.05, 3.63) is 51.2 Å². The van der Waals surface area contributed by atoms with Gasteiger partial charge in [0, 0.05) is 15.7 Å². The Morgan fingerprint density at radius 3 is 2.42 bits per heavy atom. The zero-order valence-corrected chi connectivity index (χ0v) is 13.2. The highest BCUT2D eigenvalue weighted by molar-refractivity contribution is 9.10. The lowest BCUT2D eigenvalue weighted by atomic mass is 10.4. The topological polar surface area (TPSA) is 59.1 Å². The first-order valence-electron chi connectivity index (χ1n) is 4.98. The summed E-state index contributed by atoms with van der Waals surface area (Å²) in [7, 11) is -3.72. The molecule has 0 saturated carbocycles. The number of hydrogen-bond acceptors (Lipinski definition) is 3. The highest BCUT2D eigenvalue weighted by atomic mass is 79.9. The number of rotatable bonds is 3. The van der Waals surface area contributed by atoms with Crippen molar-refractivity contribution in [2.24, 2.45) is 0 Å². The molecule has 19 heavy (non-hydrogen) atoms. The molecule has 0 aliphatic carbocycles. The van der Waals surface area contributed by atoms with Gasteiger partial charge < -0.3 is 0 Å². The van der Waals surface area contributed by atoms with Crippen molar-refractivity contribution >= 4 is 54.8 Å². The van der Waals surface area contributed by atoms with Crippen LogP contribution in [0.4, 0.5) is 5.69 Å². The molecule has 1 aromatic heterocycles. The van der Waals surface area contributed by atoms with Crippen LogP contribution in [0.3, 0.4) is 0 Å². The fourth-order valence-electron chi connectivity index (χ4n) is 1.31. The number of pyridine rings is 1. The van der Waals surface area contributed by atoms with Crippen molar-refractivity contribution in [1.29, 1.82) is 0 Å². The minimum atomic E-state index is -3.72. The normalized spacial score (nSPS) is 11.3. The third-order valence-electron chi connectivity index (χ3n) is 2.17. The molecule has 0 bridgehead atoms. The number of nitrogens with zero attached hydrogens (tertiary/aromatic N) is 1. The summed E-state index contributed by atoms with van der Waals surface area (Å²) in [5.41, 5.74) is 0.200. The number of halogens is 3. The summed E-state index contributed by atoms with van der Waals surface area (Å²) in [6.07, 6.45) is 1.47. The number of sulfonamides is 1. The van der Waals surface area contributed by atoms with Gasteiger partial charge in [0.25, 0.3) is 10.0 Å². The molecule has 0 radical (unpaired) electrons. The molecule has 2 rings (SSSR count). The molecule has 0 unspecified atom stereocenters. The molecule has 0 fully saturated rings. The molecular formula is C11H7BrCl2N2O2S. The molecule has 2 aromatic rings. The predicted octanol–water partition coefficient (Wildman–Crippen LogP) is 3.95. The highest BCUT2D eigenvalue weighted by Gasteiger charge is 2.16. The number of aromatic nitrogens is 1. The Morgan fingerprint density at radius 1 is 1.16 bits per heavy atom. The minimum Gasteiger partial charge on any atom is -0.276 e. The molecule has 0 aliphatic heterocycles. The zero-order chi connectivity index (χ0) is 14.0. The first-order valence-corrected chi connectivity index (χ1v) is 8.01. The van der Waals surface area contributed by atoms with E-state index in [9.17, 15) is 8.42 Å². The Balaban J connectivity index is 2.36. The molecule has 1 N–H and O–H groups in total. The molecule has 0 saturated heterocycles. The third kappa shape index (κ3) is 3.60. The van der Waals surface area contributed by atoms with Crippen molar-refractivity contribution in [2.45, 2.75) is 4.90 Å². The number of benzene rings is 1. The lowest BCUT2D eigenvalue weighted by Crippen LogP contribution is -2.13. The zero-order valence-electron chi connectivity index (χ0n) is 9.27. The summed E-state index contributed by atoms with van der Waals surface area (Å²) in [5, 5.41) is 0.529. The average Bonchev–Trinajstić information content (AvgIpc) is 2.34. The van der Waals surface area contributed by atoms with Crippen LogP contribution in [0.5, 0.6) is 0 Å². The summed E-state index contributed by atoms with van der Waals surface area (Å²) in [4.78, 5) is 3.93. The van der Waals surface area contributed by atoms with Gasteiger partial charge in [-0.05, 0) is 46.3 Å².